The van der Waals surface area contributed by atoms with E-state index in [1.807, 2.05) is 0 Å². The Balaban J connectivity index is -0.0000000720. The third kappa shape index (κ3) is 2250. The molecule has 0 amide bonds. The molecule has 0 aromatic rings. The molecule has 0 aromatic heterocycles. The third-order valence-electron chi connectivity index (χ3n) is 0. The maximum Gasteiger partial charge on any atom is 1.00 e. The average Bonchev–Trinajstić information content (AvgIpc) is 1.25. The summed E-state index contributed by atoms with van der Waals surface area (Å²) in [5.74, 6) is -0.833. The number of aliphatic hydroxyl groups excluding tert-OH is 1. The molecule has 2 N–H and O–H groups in total. The van der Waals surface area contributed by atoms with Crippen LogP contribution in [0.1, 0.15) is 13.8 Å². The van der Waals surface area contributed by atoms with Crippen LogP contribution >= 0.6 is 0 Å². The quantitative estimate of drug-likeness (QED) is 0.267. The van der Waals surface area contributed by atoms with Crippen LogP contribution in [-0.2, 0) is 4.79 Å². The van der Waals surface area contributed by atoms with E-state index in [2.05, 4.69) is 0 Å². The zero-order valence-corrected chi connectivity index (χ0v) is 7.79. The summed E-state index contributed by atoms with van der Waals surface area (Å²) in [5.41, 5.74) is 0. The number of carboxylic acids is 1. The second-order valence-corrected chi connectivity index (χ2v) is 1.12. The Bertz CT molecular complexity index is 56.8. The molecule has 0 aliphatic heterocycles. The zero-order valence-electron chi connectivity index (χ0n) is 5.79. The number of aliphatic carboxylic acids is 1. The van der Waals surface area contributed by atoms with Crippen LogP contribution in [0.4, 0.5) is 0 Å². The van der Waals surface area contributed by atoms with Crippen molar-refractivity contribution in [3.05, 3.63) is 0 Å². The van der Waals surface area contributed by atoms with Gasteiger partial charge in [-0.25, -0.2) is 0 Å². The number of hydrogen-bond acceptors (Lipinski definition) is 3. The molecule has 0 aliphatic rings. The van der Waals surface area contributed by atoms with Crippen LogP contribution in [0.25, 0.3) is 0 Å². The summed E-state index contributed by atoms with van der Waals surface area (Å²) in [6, 6.07) is 0. The van der Waals surface area contributed by atoms with Gasteiger partial charge in [0.25, 0.3) is 5.97 Å². The molecule has 0 spiro atoms. The van der Waals surface area contributed by atoms with Crippen molar-refractivity contribution in [2.24, 2.45) is 0 Å². The predicted octanol–water partition coefficient (Wildman–Crippen LogP) is -4.22. The number of hydrogen-bond donors (Lipinski definition) is 2. The third-order valence-corrected chi connectivity index (χ3v) is 0. The maximum atomic E-state index is 9.08. The Kier molecular flexibility index (Phi) is 20.2. The van der Waals surface area contributed by atoms with Crippen LogP contribution in [-0.4, -0.2) is 22.5 Å². The van der Waals surface area contributed by atoms with Gasteiger partial charge in [-0.05, 0) is 6.29 Å². The average molecular weight is 144 g/mol. The van der Waals surface area contributed by atoms with Crippen LogP contribution in [0, 0.1) is 0 Å². The fraction of sp³-hybridized carbons (Fsp3) is 0.750. The number of carbonyl (C=O) groups is 1. The topological polar surface area (TPSA) is 80.6 Å². The molecule has 4 nitrogen and oxygen atoms in total. The van der Waals surface area contributed by atoms with Crippen molar-refractivity contribution in [2.45, 2.75) is 20.1 Å². The Hall–Kier alpha value is 0.390. The van der Waals surface area contributed by atoms with Crippen LogP contribution in [0.15, 0.2) is 0 Å². The second kappa shape index (κ2) is 11.2. The molecular formula is C4H9NaO4. The fourth-order valence-corrected chi connectivity index (χ4v) is 0. The number of aliphatic hydroxyl groups is 1. The molecule has 0 radical (unpaired) electrons. The van der Waals surface area contributed by atoms with E-state index in [1.165, 1.54) is 6.92 Å². The van der Waals surface area contributed by atoms with Gasteiger partial charge in [-0.2, -0.15) is 0 Å². The molecule has 1 unspecified atom stereocenters. The van der Waals surface area contributed by atoms with Gasteiger partial charge in [-0.1, -0.05) is 6.92 Å². The summed E-state index contributed by atoms with van der Waals surface area (Å²) >= 11 is 0. The van der Waals surface area contributed by atoms with Gasteiger partial charge in [0.15, 0.2) is 0 Å². The van der Waals surface area contributed by atoms with Gasteiger partial charge < -0.3 is 15.3 Å². The van der Waals surface area contributed by atoms with E-state index in [4.69, 9.17) is 20.1 Å². The minimum absolute atomic E-state index is 0. The minimum Gasteiger partial charge on any atom is -0.831 e. The summed E-state index contributed by atoms with van der Waals surface area (Å²) in [5, 5.41) is 24.0. The Morgan fingerprint density at radius 2 is 1.67 bits per heavy atom. The molecule has 9 heavy (non-hydrogen) atoms. The van der Waals surface area contributed by atoms with Crippen LogP contribution in [0.5, 0.6) is 0 Å². The number of carboxylic acid groups (broad SMARTS) is 1. The minimum atomic E-state index is -1.42. The van der Waals surface area contributed by atoms with Gasteiger partial charge in [0.05, 0.1) is 0 Å². The first-order valence-corrected chi connectivity index (χ1v) is 2.00. The molecule has 0 aromatic carbocycles. The molecule has 50 valence electrons. The van der Waals surface area contributed by atoms with Gasteiger partial charge in [0, 0.05) is 6.92 Å². The normalized spacial score (nSPS) is 9.78. The van der Waals surface area contributed by atoms with Crippen molar-refractivity contribution in [3.63, 3.8) is 0 Å². The van der Waals surface area contributed by atoms with E-state index in [0.717, 1.165) is 6.92 Å². The van der Waals surface area contributed by atoms with Crippen LogP contribution in [0.2, 0.25) is 0 Å². The van der Waals surface area contributed by atoms with E-state index in [9.17, 15) is 0 Å². The summed E-state index contributed by atoms with van der Waals surface area (Å²) in [7, 11) is 0. The largest absolute Gasteiger partial charge is 1.00 e. The van der Waals surface area contributed by atoms with Crippen LogP contribution in [0.3, 0.4) is 0 Å². The SMILES string of the molecule is CC(=O)O.CC([O-])O.[Na+]. The molecule has 0 saturated carbocycles. The molecule has 0 fully saturated rings. The molecule has 0 saturated heterocycles. The maximum absolute atomic E-state index is 9.08. The van der Waals surface area contributed by atoms with Crippen molar-refractivity contribution in [3.8, 4) is 0 Å². The van der Waals surface area contributed by atoms with E-state index < -0.39 is 12.3 Å². The first kappa shape index (κ1) is 16.2. The fourth-order valence-electron chi connectivity index (χ4n) is 0. The summed E-state index contributed by atoms with van der Waals surface area (Å²) in [6.45, 7) is 2.25. The van der Waals surface area contributed by atoms with Crippen molar-refractivity contribution in [1.82, 2.24) is 0 Å². The van der Waals surface area contributed by atoms with Crippen LogP contribution < -0.4 is 34.7 Å². The Labute approximate surface area is 75.8 Å². The first-order valence-electron chi connectivity index (χ1n) is 2.00. The van der Waals surface area contributed by atoms with Gasteiger partial charge in [0.1, 0.15) is 0 Å². The molecule has 0 bridgehead atoms. The van der Waals surface area contributed by atoms with Crippen molar-refractivity contribution < 1.29 is 49.7 Å². The summed E-state index contributed by atoms with van der Waals surface area (Å²) < 4.78 is 0. The van der Waals surface area contributed by atoms with E-state index in [1.54, 1.807) is 0 Å². The van der Waals surface area contributed by atoms with E-state index in [-0.39, 0.29) is 29.6 Å². The molecule has 0 aliphatic carbocycles. The Morgan fingerprint density at radius 3 is 1.67 bits per heavy atom. The van der Waals surface area contributed by atoms with Gasteiger partial charge in [-0.3, -0.25) is 4.79 Å². The monoisotopic (exact) mass is 144 g/mol. The number of rotatable bonds is 0. The summed E-state index contributed by atoms with van der Waals surface area (Å²) in [4.78, 5) is 9.00. The second-order valence-electron chi connectivity index (χ2n) is 1.12. The molecule has 1 atom stereocenters. The first-order chi connectivity index (χ1) is 3.46. The van der Waals surface area contributed by atoms with Crippen molar-refractivity contribution >= 4 is 5.97 Å². The molecular weight excluding hydrogens is 135 g/mol. The smallest absolute Gasteiger partial charge is 0.831 e. The van der Waals surface area contributed by atoms with Crippen molar-refractivity contribution in [1.29, 1.82) is 0 Å². The zero-order chi connectivity index (χ0) is 7.15. The molecule has 5 heteroatoms. The van der Waals surface area contributed by atoms with Crippen molar-refractivity contribution in [2.75, 3.05) is 0 Å². The summed E-state index contributed by atoms with van der Waals surface area (Å²) in [6.07, 6.45) is -1.42. The van der Waals surface area contributed by atoms with E-state index in [0.29, 0.717) is 0 Å². The van der Waals surface area contributed by atoms with Gasteiger partial charge >= 0.3 is 29.6 Å². The standard InChI is InChI=1S/C2H5O2.C2H4O2.Na/c2*1-2(3)4;/h2-3H,1H3;1H3,(H,3,4);/q-1;;+1. The van der Waals surface area contributed by atoms with Gasteiger partial charge in [-0.15, -0.1) is 0 Å². The molecule has 0 heterocycles. The predicted molar refractivity (Wildman–Crippen MR) is 25.0 cm³/mol. The Morgan fingerprint density at radius 1 is 1.67 bits per heavy atom. The van der Waals surface area contributed by atoms with Gasteiger partial charge in [0.2, 0.25) is 0 Å². The molecule has 0 rings (SSSR count). The van der Waals surface area contributed by atoms with E-state index >= 15 is 0 Å².